The number of ether oxygens (including phenoxy) is 1. The van der Waals surface area contributed by atoms with Crippen molar-refractivity contribution in [2.75, 3.05) is 33.3 Å². The molecule has 7 nitrogen and oxygen atoms in total. The molecule has 9 heteroatoms. The van der Waals surface area contributed by atoms with Crippen molar-refractivity contribution in [3.05, 3.63) is 23.5 Å². The van der Waals surface area contributed by atoms with Crippen LogP contribution < -0.4 is 4.72 Å². The topological polar surface area (TPSA) is 87.3 Å². The number of pyridine rings is 1. The zero-order valence-corrected chi connectivity index (χ0v) is 13.6. The van der Waals surface area contributed by atoms with Crippen LogP contribution in [0.1, 0.15) is 0 Å². The molecule has 22 heavy (non-hydrogen) atoms. The lowest BCUT2D eigenvalue weighted by Crippen LogP contribution is -2.45. The Labute approximate surface area is 133 Å². The average Bonchev–Trinajstić information content (AvgIpc) is 2.89. The minimum atomic E-state index is -3.66. The number of halogens is 1. The maximum absolute atomic E-state index is 12.5. The number of aromatic amines is 1. The number of aromatic nitrogens is 2. The lowest BCUT2D eigenvalue weighted by Gasteiger charge is -2.29. The second-order valence-corrected chi connectivity index (χ2v) is 7.48. The third kappa shape index (κ3) is 3.26. The van der Waals surface area contributed by atoms with Crippen molar-refractivity contribution in [2.45, 2.75) is 11.0 Å². The Bertz CT molecular complexity index is 777. The second-order valence-electron chi connectivity index (χ2n) is 5.31. The van der Waals surface area contributed by atoms with E-state index in [1.165, 1.54) is 12.4 Å². The van der Waals surface area contributed by atoms with Crippen LogP contribution in [-0.2, 0) is 14.8 Å². The lowest BCUT2D eigenvalue weighted by molar-refractivity contribution is -0.0156. The standard InChI is InChI=1S/C13H17ClN4O3S/c1-18-2-3-21-10(8-18)6-17-22(19,20)12-7-16-13-11(12)4-9(14)5-15-13/h4-5,7,10,17H,2-3,6,8H2,1H3,(H,15,16). The molecule has 0 bridgehead atoms. The normalized spacial score (nSPS) is 20.5. The van der Waals surface area contributed by atoms with Gasteiger partial charge < -0.3 is 14.6 Å². The summed E-state index contributed by atoms with van der Waals surface area (Å²) in [6, 6.07) is 1.58. The van der Waals surface area contributed by atoms with Crippen LogP contribution in [0.3, 0.4) is 0 Å². The van der Waals surface area contributed by atoms with E-state index in [1.54, 1.807) is 6.07 Å². The molecule has 120 valence electrons. The zero-order valence-electron chi connectivity index (χ0n) is 12.0. The fourth-order valence-corrected chi connectivity index (χ4v) is 3.82. The molecule has 3 heterocycles. The highest BCUT2D eigenvalue weighted by Crippen LogP contribution is 2.23. The molecule has 2 aromatic rings. The molecule has 0 radical (unpaired) electrons. The minimum Gasteiger partial charge on any atom is -0.374 e. The van der Waals surface area contributed by atoms with Gasteiger partial charge in [0, 0.05) is 37.4 Å². The Hall–Kier alpha value is -1.19. The SMILES string of the molecule is CN1CCOC(CNS(=O)(=O)c2c[nH]c3ncc(Cl)cc23)C1. The summed E-state index contributed by atoms with van der Waals surface area (Å²) < 4.78 is 33.1. The van der Waals surface area contributed by atoms with Crippen molar-refractivity contribution in [3.8, 4) is 0 Å². The first-order chi connectivity index (χ1) is 10.5. The van der Waals surface area contributed by atoms with Gasteiger partial charge in [0.1, 0.15) is 10.5 Å². The minimum absolute atomic E-state index is 0.140. The van der Waals surface area contributed by atoms with Gasteiger partial charge in [0.2, 0.25) is 10.0 Å². The molecule has 1 aliphatic heterocycles. The summed E-state index contributed by atoms with van der Waals surface area (Å²) in [5, 5.41) is 0.863. The molecule has 1 atom stereocenters. The summed E-state index contributed by atoms with van der Waals surface area (Å²) in [6.45, 7) is 2.39. The van der Waals surface area contributed by atoms with Crippen LogP contribution in [0, 0.1) is 0 Å². The van der Waals surface area contributed by atoms with Crippen molar-refractivity contribution < 1.29 is 13.2 Å². The van der Waals surface area contributed by atoms with Crippen molar-refractivity contribution >= 4 is 32.7 Å². The predicted molar refractivity (Wildman–Crippen MR) is 83.5 cm³/mol. The summed E-state index contributed by atoms with van der Waals surface area (Å²) in [6.07, 6.45) is 2.74. The molecule has 2 N–H and O–H groups in total. The number of nitrogens with one attached hydrogen (secondary N) is 2. The van der Waals surface area contributed by atoms with E-state index in [1.807, 2.05) is 7.05 Å². The monoisotopic (exact) mass is 344 g/mol. The maximum Gasteiger partial charge on any atom is 0.242 e. The van der Waals surface area contributed by atoms with Crippen LogP contribution in [0.5, 0.6) is 0 Å². The van der Waals surface area contributed by atoms with Gasteiger partial charge in [0.25, 0.3) is 0 Å². The zero-order chi connectivity index (χ0) is 15.7. The highest BCUT2D eigenvalue weighted by Gasteiger charge is 2.23. The number of fused-ring (bicyclic) bond motifs is 1. The third-order valence-electron chi connectivity index (χ3n) is 3.59. The molecule has 0 aliphatic carbocycles. The first-order valence-electron chi connectivity index (χ1n) is 6.88. The fraction of sp³-hybridized carbons (Fsp3) is 0.462. The smallest absolute Gasteiger partial charge is 0.242 e. The van der Waals surface area contributed by atoms with Crippen LogP contribution in [-0.4, -0.2) is 62.7 Å². The van der Waals surface area contributed by atoms with E-state index in [0.29, 0.717) is 29.2 Å². The summed E-state index contributed by atoms with van der Waals surface area (Å²) in [5.41, 5.74) is 0.485. The molecule has 1 aliphatic rings. The van der Waals surface area contributed by atoms with E-state index in [4.69, 9.17) is 16.3 Å². The number of sulfonamides is 1. The van der Waals surface area contributed by atoms with Crippen LogP contribution >= 0.6 is 11.6 Å². The van der Waals surface area contributed by atoms with Gasteiger partial charge in [-0.2, -0.15) is 0 Å². The molecule has 1 unspecified atom stereocenters. The molecule has 0 spiro atoms. The number of rotatable bonds is 4. The van der Waals surface area contributed by atoms with Crippen molar-refractivity contribution in [1.82, 2.24) is 19.6 Å². The molecule has 0 amide bonds. The van der Waals surface area contributed by atoms with Gasteiger partial charge in [-0.05, 0) is 13.1 Å². The Balaban J connectivity index is 1.78. The number of hydrogen-bond donors (Lipinski definition) is 2. The molecule has 3 rings (SSSR count). The van der Waals surface area contributed by atoms with E-state index in [0.717, 1.165) is 6.54 Å². The van der Waals surface area contributed by atoms with Gasteiger partial charge in [0.15, 0.2) is 0 Å². The second kappa shape index (κ2) is 6.13. The van der Waals surface area contributed by atoms with Crippen LogP contribution in [0.4, 0.5) is 0 Å². The van der Waals surface area contributed by atoms with Crippen LogP contribution in [0.2, 0.25) is 5.02 Å². The predicted octanol–water partition coefficient (Wildman–Crippen LogP) is 0.825. The average molecular weight is 345 g/mol. The van der Waals surface area contributed by atoms with Gasteiger partial charge in [-0.25, -0.2) is 18.1 Å². The van der Waals surface area contributed by atoms with E-state index in [-0.39, 0.29) is 17.5 Å². The lowest BCUT2D eigenvalue weighted by atomic mass is 10.3. The van der Waals surface area contributed by atoms with E-state index in [9.17, 15) is 8.42 Å². The molecular weight excluding hydrogens is 328 g/mol. The summed E-state index contributed by atoms with van der Waals surface area (Å²) in [4.78, 5) is 9.15. The first-order valence-corrected chi connectivity index (χ1v) is 8.74. The highest BCUT2D eigenvalue weighted by atomic mass is 35.5. The largest absolute Gasteiger partial charge is 0.374 e. The van der Waals surface area contributed by atoms with E-state index >= 15 is 0 Å². The molecule has 1 saturated heterocycles. The Kier molecular flexibility index (Phi) is 4.37. The number of nitrogens with zero attached hydrogens (tertiary/aromatic N) is 2. The van der Waals surface area contributed by atoms with E-state index < -0.39 is 10.0 Å². The molecule has 2 aromatic heterocycles. The number of H-pyrrole nitrogens is 1. The molecule has 0 saturated carbocycles. The maximum atomic E-state index is 12.5. The Morgan fingerprint density at radius 1 is 1.59 bits per heavy atom. The van der Waals surface area contributed by atoms with Gasteiger partial charge in [0.05, 0.1) is 17.7 Å². The summed E-state index contributed by atoms with van der Waals surface area (Å²) >= 11 is 5.90. The number of likely N-dealkylation sites (N-methyl/N-ethyl adjacent to an activating group) is 1. The van der Waals surface area contributed by atoms with Crippen LogP contribution in [0.25, 0.3) is 11.0 Å². The fourth-order valence-electron chi connectivity index (χ4n) is 2.45. The first kappa shape index (κ1) is 15.7. The van der Waals surface area contributed by atoms with E-state index in [2.05, 4.69) is 19.6 Å². The van der Waals surface area contributed by atoms with Crippen molar-refractivity contribution in [1.29, 1.82) is 0 Å². The molecular formula is C13H17ClN4O3S. The van der Waals surface area contributed by atoms with Gasteiger partial charge in [-0.15, -0.1) is 0 Å². The number of hydrogen-bond acceptors (Lipinski definition) is 5. The summed E-state index contributed by atoms with van der Waals surface area (Å²) in [5.74, 6) is 0. The quantitative estimate of drug-likeness (QED) is 0.857. The Morgan fingerprint density at radius 2 is 2.41 bits per heavy atom. The van der Waals surface area contributed by atoms with Gasteiger partial charge >= 0.3 is 0 Å². The highest BCUT2D eigenvalue weighted by molar-refractivity contribution is 7.89. The van der Waals surface area contributed by atoms with Gasteiger partial charge in [-0.3, -0.25) is 0 Å². The molecule has 0 aromatic carbocycles. The van der Waals surface area contributed by atoms with Crippen LogP contribution in [0.15, 0.2) is 23.4 Å². The van der Waals surface area contributed by atoms with Crippen molar-refractivity contribution in [3.63, 3.8) is 0 Å². The number of morpholine rings is 1. The Morgan fingerprint density at radius 3 is 3.18 bits per heavy atom. The third-order valence-corrected chi connectivity index (χ3v) is 5.26. The summed E-state index contributed by atoms with van der Waals surface area (Å²) in [7, 11) is -1.67. The van der Waals surface area contributed by atoms with Gasteiger partial charge in [-0.1, -0.05) is 11.6 Å². The van der Waals surface area contributed by atoms with Crippen molar-refractivity contribution in [2.24, 2.45) is 0 Å². The molecule has 1 fully saturated rings.